The van der Waals surface area contributed by atoms with Crippen LogP contribution in [0.4, 0.5) is 4.79 Å². The van der Waals surface area contributed by atoms with Gasteiger partial charge in [-0.3, -0.25) is 0 Å². The normalized spacial score (nSPS) is 15.6. The van der Waals surface area contributed by atoms with Gasteiger partial charge in [-0.1, -0.05) is 45.2 Å². The SMILES string of the molecule is CC(C)COc1ccc(CNC(=O)NC2CCCCC2)cc1. The lowest BCUT2D eigenvalue weighted by Gasteiger charge is -2.22. The Bertz CT molecular complexity index is 451. The predicted octanol–water partition coefficient (Wildman–Crippen LogP) is 3.85. The zero-order valence-corrected chi connectivity index (χ0v) is 13.7. The van der Waals surface area contributed by atoms with Crippen molar-refractivity contribution in [2.24, 2.45) is 5.92 Å². The molecule has 22 heavy (non-hydrogen) atoms. The van der Waals surface area contributed by atoms with Gasteiger partial charge in [-0.15, -0.1) is 0 Å². The van der Waals surface area contributed by atoms with Crippen molar-refractivity contribution in [1.82, 2.24) is 10.6 Å². The highest BCUT2D eigenvalue weighted by molar-refractivity contribution is 5.74. The van der Waals surface area contributed by atoms with Gasteiger partial charge in [0.25, 0.3) is 0 Å². The number of hydrogen-bond donors (Lipinski definition) is 2. The second kappa shape index (κ2) is 8.66. The number of nitrogens with one attached hydrogen (secondary N) is 2. The molecule has 4 heteroatoms. The van der Waals surface area contributed by atoms with Gasteiger partial charge in [0.2, 0.25) is 0 Å². The van der Waals surface area contributed by atoms with Crippen LogP contribution in [0.3, 0.4) is 0 Å². The van der Waals surface area contributed by atoms with Gasteiger partial charge in [0.05, 0.1) is 6.61 Å². The van der Waals surface area contributed by atoms with Crippen molar-refractivity contribution in [1.29, 1.82) is 0 Å². The van der Waals surface area contributed by atoms with Gasteiger partial charge in [0.15, 0.2) is 0 Å². The first-order valence-electron chi connectivity index (χ1n) is 8.39. The molecule has 0 spiro atoms. The van der Waals surface area contributed by atoms with Crippen molar-refractivity contribution in [2.75, 3.05) is 6.61 Å². The van der Waals surface area contributed by atoms with Crippen LogP contribution in [0.1, 0.15) is 51.5 Å². The van der Waals surface area contributed by atoms with E-state index in [1.54, 1.807) is 0 Å². The van der Waals surface area contributed by atoms with Gasteiger partial charge in [0.1, 0.15) is 5.75 Å². The average Bonchev–Trinajstić information content (AvgIpc) is 2.53. The molecule has 2 N–H and O–H groups in total. The number of benzene rings is 1. The minimum absolute atomic E-state index is 0.0629. The summed E-state index contributed by atoms with van der Waals surface area (Å²) >= 11 is 0. The van der Waals surface area contributed by atoms with Crippen molar-refractivity contribution in [3.8, 4) is 5.75 Å². The van der Waals surface area contributed by atoms with Crippen LogP contribution in [0.5, 0.6) is 5.75 Å². The van der Waals surface area contributed by atoms with Crippen LogP contribution < -0.4 is 15.4 Å². The third kappa shape index (κ3) is 5.96. The summed E-state index contributed by atoms with van der Waals surface area (Å²) in [6, 6.07) is 8.19. The molecular weight excluding hydrogens is 276 g/mol. The Morgan fingerprint density at radius 1 is 1.18 bits per heavy atom. The number of carbonyl (C=O) groups is 1. The Kier molecular flexibility index (Phi) is 6.56. The molecule has 2 rings (SSSR count). The molecule has 1 aromatic rings. The van der Waals surface area contributed by atoms with E-state index in [0.717, 1.165) is 30.8 Å². The van der Waals surface area contributed by atoms with Crippen molar-refractivity contribution >= 4 is 6.03 Å². The molecule has 1 aromatic carbocycles. The van der Waals surface area contributed by atoms with Crippen molar-refractivity contribution in [3.63, 3.8) is 0 Å². The van der Waals surface area contributed by atoms with Crippen LogP contribution in [-0.4, -0.2) is 18.7 Å². The zero-order chi connectivity index (χ0) is 15.8. The highest BCUT2D eigenvalue weighted by Crippen LogP contribution is 2.17. The highest BCUT2D eigenvalue weighted by atomic mass is 16.5. The van der Waals surface area contributed by atoms with Gasteiger partial charge in [-0.2, -0.15) is 0 Å². The summed E-state index contributed by atoms with van der Waals surface area (Å²) in [5, 5.41) is 5.98. The summed E-state index contributed by atoms with van der Waals surface area (Å²) < 4.78 is 5.65. The van der Waals surface area contributed by atoms with Crippen LogP contribution in [0, 0.1) is 5.92 Å². The molecule has 1 fully saturated rings. The van der Waals surface area contributed by atoms with Crippen LogP contribution in [0.25, 0.3) is 0 Å². The van der Waals surface area contributed by atoms with E-state index in [4.69, 9.17) is 4.74 Å². The second-order valence-electron chi connectivity index (χ2n) is 6.51. The Balaban J connectivity index is 1.70. The summed E-state index contributed by atoms with van der Waals surface area (Å²) in [6.45, 7) is 5.52. The number of amides is 2. The van der Waals surface area contributed by atoms with E-state index in [9.17, 15) is 4.79 Å². The van der Waals surface area contributed by atoms with Crippen LogP contribution in [0.2, 0.25) is 0 Å². The highest BCUT2D eigenvalue weighted by Gasteiger charge is 2.15. The standard InChI is InChI=1S/C18H28N2O2/c1-14(2)13-22-17-10-8-15(9-11-17)12-19-18(21)20-16-6-4-3-5-7-16/h8-11,14,16H,3-7,12-13H2,1-2H3,(H2,19,20,21). The molecule has 0 bridgehead atoms. The Morgan fingerprint density at radius 2 is 1.86 bits per heavy atom. The fourth-order valence-electron chi connectivity index (χ4n) is 2.63. The molecule has 1 saturated carbocycles. The van der Waals surface area contributed by atoms with E-state index in [0.29, 0.717) is 18.5 Å². The van der Waals surface area contributed by atoms with E-state index < -0.39 is 0 Å². The monoisotopic (exact) mass is 304 g/mol. The zero-order valence-electron chi connectivity index (χ0n) is 13.7. The molecule has 0 heterocycles. The van der Waals surface area contributed by atoms with Crippen LogP contribution in [-0.2, 0) is 6.54 Å². The minimum Gasteiger partial charge on any atom is -0.493 e. The Morgan fingerprint density at radius 3 is 2.50 bits per heavy atom. The molecule has 0 aromatic heterocycles. The first kappa shape index (κ1) is 16.7. The summed E-state index contributed by atoms with van der Waals surface area (Å²) in [6.07, 6.45) is 5.96. The Hall–Kier alpha value is -1.71. The van der Waals surface area contributed by atoms with Crippen LogP contribution in [0.15, 0.2) is 24.3 Å². The lowest BCUT2D eigenvalue weighted by molar-refractivity contribution is 0.232. The topological polar surface area (TPSA) is 50.4 Å². The third-order valence-corrected chi connectivity index (χ3v) is 3.90. The van der Waals surface area contributed by atoms with E-state index in [1.807, 2.05) is 24.3 Å². The number of hydrogen-bond acceptors (Lipinski definition) is 2. The summed E-state index contributed by atoms with van der Waals surface area (Å²) in [4.78, 5) is 11.9. The third-order valence-electron chi connectivity index (χ3n) is 3.90. The molecule has 0 atom stereocenters. The number of carbonyl (C=O) groups excluding carboxylic acids is 1. The van der Waals surface area contributed by atoms with E-state index in [2.05, 4.69) is 24.5 Å². The van der Waals surface area contributed by atoms with Gasteiger partial charge in [0, 0.05) is 12.6 Å². The molecule has 1 aliphatic rings. The van der Waals surface area contributed by atoms with Gasteiger partial charge < -0.3 is 15.4 Å². The fourth-order valence-corrected chi connectivity index (χ4v) is 2.63. The molecule has 2 amide bonds. The lowest BCUT2D eigenvalue weighted by Crippen LogP contribution is -2.42. The summed E-state index contributed by atoms with van der Waals surface area (Å²) in [7, 11) is 0. The summed E-state index contributed by atoms with van der Waals surface area (Å²) in [5.74, 6) is 1.40. The quantitative estimate of drug-likeness (QED) is 0.838. The molecule has 1 aliphatic carbocycles. The Labute approximate surface area is 133 Å². The van der Waals surface area contributed by atoms with E-state index in [-0.39, 0.29) is 6.03 Å². The minimum atomic E-state index is -0.0629. The molecule has 0 unspecified atom stereocenters. The molecule has 0 radical (unpaired) electrons. The lowest BCUT2D eigenvalue weighted by atomic mass is 9.96. The van der Waals surface area contributed by atoms with Crippen molar-refractivity contribution in [3.05, 3.63) is 29.8 Å². The maximum absolute atomic E-state index is 11.9. The molecule has 0 aliphatic heterocycles. The second-order valence-corrected chi connectivity index (χ2v) is 6.51. The first-order valence-corrected chi connectivity index (χ1v) is 8.39. The van der Waals surface area contributed by atoms with Crippen LogP contribution >= 0.6 is 0 Å². The fraction of sp³-hybridized carbons (Fsp3) is 0.611. The first-order chi connectivity index (χ1) is 10.6. The predicted molar refractivity (Wildman–Crippen MR) is 89.0 cm³/mol. The molecule has 122 valence electrons. The number of rotatable bonds is 6. The average molecular weight is 304 g/mol. The van der Waals surface area contributed by atoms with E-state index >= 15 is 0 Å². The number of ether oxygens (including phenoxy) is 1. The molecule has 0 saturated heterocycles. The maximum Gasteiger partial charge on any atom is 0.315 e. The largest absolute Gasteiger partial charge is 0.493 e. The van der Waals surface area contributed by atoms with Crippen molar-refractivity contribution < 1.29 is 9.53 Å². The van der Waals surface area contributed by atoms with Gasteiger partial charge >= 0.3 is 6.03 Å². The van der Waals surface area contributed by atoms with Crippen molar-refractivity contribution in [2.45, 2.75) is 58.5 Å². The number of urea groups is 1. The smallest absolute Gasteiger partial charge is 0.315 e. The van der Waals surface area contributed by atoms with Gasteiger partial charge in [-0.05, 0) is 36.5 Å². The maximum atomic E-state index is 11.9. The van der Waals surface area contributed by atoms with E-state index in [1.165, 1.54) is 19.3 Å². The summed E-state index contributed by atoms with van der Waals surface area (Å²) in [5.41, 5.74) is 1.08. The van der Waals surface area contributed by atoms with Gasteiger partial charge in [-0.25, -0.2) is 4.79 Å². The molecular formula is C18H28N2O2. The molecule has 4 nitrogen and oxygen atoms in total.